The van der Waals surface area contributed by atoms with Gasteiger partial charge in [0.1, 0.15) is 24.7 Å². The molecule has 2 aromatic carbocycles. The zero-order valence-electron chi connectivity index (χ0n) is 15.1. The van der Waals surface area contributed by atoms with Crippen LogP contribution in [0.5, 0.6) is 11.5 Å². The minimum absolute atomic E-state index is 0.398. The van der Waals surface area contributed by atoms with Crippen LogP contribution in [0.2, 0.25) is 0 Å². The fourth-order valence-corrected chi connectivity index (χ4v) is 2.58. The highest BCUT2D eigenvalue weighted by Crippen LogP contribution is 2.34. The van der Waals surface area contributed by atoms with Crippen LogP contribution in [-0.2, 0) is 9.53 Å². The number of ether oxygens (including phenoxy) is 3. The van der Waals surface area contributed by atoms with E-state index in [1.54, 1.807) is 26.2 Å². The lowest BCUT2D eigenvalue weighted by Crippen LogP contribution is -2.05. The van der Waals surface area contributed by atoms with Crippen LogP contribution in [0.4, 0.5) is 11.5 Å². The van der Waals surface area contributed by atoms with Gasteiger partial charge in [-0.1, -0.05) is 12.1 Å². The van der Waals surface area contributed by atoms with Gasteiger partial charge in [0.2, 0.25) is 0 Å². The molecule has 0 saturated heterocycles. The highest BCUT2D eigenvalue weighted by atomic mass is 16.5. The summed E-state index contributed by atoms with van der Waals surface area (Å²) in [5.74, 6) is 3.56. The molecule has 3 rings (SSSR count). The Bertz CT molecular complexity index is 984. The van der Waals surface area contributed by atoms with E-state index in [0.29, 0.717) is 36.0 Å². The number of nitrogens with zero attached hydrogens (tertiary/aromatic N) is 2. The van der Waals surface area contributed by atoms with Crippen molar-refractivity contribution in [1.29, 1.82) is 0 Å². The Kier molecular flexibility index (Phi) is 5.99. The molecule has 0 radical (unpaired) electrons. The van der Waals surface area contributed by atoms with Crippen molar-refractivity contribution in [2.24, 2.45) is 0 Å². The first-order valence-corrected chi connectivity index (χ1v) is 8.27. The van der Waals surface area contributed by atoms with E-state index in [1.807, 2.05) is 30.3 Å². The third-order valence-electron chi connectivity index (χ3n) is 3.84. The number of benzene rings is 2. The molecule has 1 heterocycles. The molecule has 0 aliphatic heterocycles. The van der Waals surface area contributed by atoms with Crippen molar-refractivity contribution in [3.8, 4) is 11.5 Å². The van der Waals surface area contributed by atoms with Gasteiger partial charge >= 0.3 is 0 Å². The molecular formula is C20H19N3O4. The highest BCUT2D eigenvalue weighted by molar-refractivity contribution is 5.93. The van der Waals surface area contributed by atoms with Crippen molar-refractivity contribution >= 4 is 34.4 Å². The van der Waals surface area contributed by atoms with E-state index in [0.717, 1.165) is 16.6 Å². The smallest absolute Gasteiger partial charge is 0.162 e. The summed E-state index contributed by atoms with van der Waals surface area (Å²) in [6.45, 7) is 0.865. The third-order valence-corrected chi connectivity index (χ3v) is 3.84. The molecule has 0 spiro atoms. The molecule has 7 nitrogen and oxygen atoms in total. The number of rotatable bonds is 8. The Morgan fingerprint density at radius 2 is 2.00 bits per heavy atom. The van der Waals surface area contributed by atoms with Gasteiger partial charge in [0.05, 0.1) is 19.2 Å². The first kappa shape index (κ1) is 18.4. The zero-order valence-corrected chi connectivity index (χ0v) is 15.1. The van der Waals surface area contributed by atoms with Gasteiger partial charge in [0.25, 0.3) is 0 Å². The van der Waals surface area contributed by atoms with Gasteiger partial charge < -0.3 is 19.5 Å². The van der Waals surface area contributed by atoms with Crippen molar-refractivity contribution < 1.29 is 19.0 Å². The Hall–Kier alpha value is -3.41. The molecule has 7 heteroatoms. The first-order valence-electron chi connectivity index (χ1n) is 8.27. The maximum absolute atomic E-state index is 10.6. The van der Waals surface area contributed by atoms with Crippen LogP contribution in [0.1, 0.15) is 5.56 Å². The van der Waals surface area contributed by atoms with Crippen molar-refractivity contribution in [1.82, 2.24) is 9.97 Å². The molecule has 138 valence electrons. The van der Waals surface area contributed by atoms with E-state index in [4.69, 9.17) is 14.2 Å². The summed E-state index contributed by atoms with van der Waals surface area (Å²) in [4.78, 5) is 19.2. The molecule has 1 N–H and O–H groups in total. The van der Waals surface area contributed by atoms with Crippen LogP contribution < -0.4 is 14.8 Å². The molecular weight excluding hydrogens is 346 g/mol. The molecule has 0 unspecified atom stereocenters. The van der Waals surface area contributed by atoms with Crippen molar-refractivity contribution in [2.75, 3.05) is 32.8 Å². The van der Waals surface area contributed by atoms with E-state index < -0.39 is 0 Å². The van der Waals surface area contributed by atoms with Gasteiger partial charge in [-0.25, -0.2) is 14.8 Å². The minimum Gasteiger partial charge on any atom is -0.493 e. The van der Waals surface area contributed by atoms with Crippen LogP contribution in [-0.4, -0.2) is 43.3 Å². The van der Waals surface area contributed by atoms with Gasteiger partial charge in [-0.3, -0.25) is 0 Å². The summed E-state index contributed by atoms with van der Waals surface area (Å²) >= 11 is 0. The van der Waals surface area contributed by atoms with E-state index in [2.05, 4.69) is 15.3 Å². The summed E-state index contributed by atoms with van der Waals surface area (Å²) in [6, 6.07) is 11.0. The predicted octanol–water partition coefficient (Wildman–Crippen LogP) is 3.25. The summed E-state index contributed by atoms with van der Waals surface area (Å²) in [5, 5.41) is 4.04. The molecule has 0 fully saturated rings. The monoisotopic (exact) mass is 365 g/mol. The van der Waals surface area contributed by atoms with Crippen LogP contribution in [0.25, 0.3) is 17.0 Å². The fourth-order valence-electron chi connectivity index (χ4n) is 2.58. The molecule has 27 heavy (non-hydrogen) atoms. The number of fused-ring (bicyclic) bond motifs is 1. The number of nitrogens with one attached hydrogen (secondary N) is 1. The second kappa shape index (κ2) is 8.80. The summed E-state index contributed by atoms with van der Waals surface area (Å²) < 4.78 is 16.2. The molecule has 1 aromatic heterocycles. The number of hydrogen-bond acceptors (Lipinski definition) is 7. The fraction of sp³-hybridized carbons (Fsp3) is 0.200. The van der Waals surface area contributed by atoms with Gasteiger partial charge in [0.15, 0.2) is 11.5 Å². The van der Waals surface area contributed by atoms with Crippen molar-refractivity contribution in [2.45, 2.75) is 0 Å². The number of hydrogen-bond donors (Lipinski definition) is 1. The lowest BCUT2D eigenvalue weighted by molar-refractivity contribution is 0.144. The number of carbonyl (C=O) groups excluding carboxylic acids is 1. The lowest BCUT2D eigenvalue weighted by Gasteiger charge is -2.14. The average molecular weight is 365 g/mol. The standard InChI is InChI=1S/C20H19N3O4/c1-25-8-9-27-19-11-16-17(12-18(19)26-2)21-13-22-20(16)23-15-5-3-4-14(10-15)6-7-24/h3-6,10-13H,8-9H2,1-2H3,(H,21,22,23). The minimum atomic E-state index is 0.398. The van der Waals surface area contributed by atoms with Gasteiger partial charge in [-0.15, -0.1) is 0 Å². The van der Waals surface area contributed by atoms with Crippen LogP contribution >= 0.6 is 0 Å². The Morgan fingerprint density at radius 1 is 1.11 bits per heavy atom. The third kappa shape index (κ3) is 4.41. The molecule has 0 saturated carbocycles. The second-order valence-corrected chi connectivity index (χ2v) is 5.60. The highest BCUT2D eigenvalue weighted by Gasteiger charge is 2.12. The number of methoxy groups -OCH3 is 2. The zero-order chi connectivity index (χ0) is 19.1. The maximum atomic E-state index is 10.6. The summed E-state index contributed by atoms with van der Waals surface area (Å²) in [5.41, 5.74) is 2.25. The lowest BCUT2D eigenvalue weighted by atomic mass is 10.1. The van der Waals surface area contributed by atoms with Gasteiger partial charge in [-0.05, 0) is 23.8 Å². The maximum Gasteiger partial charge on any atom is 0.162 e. The van der Waals surface area contributed by atoms with E-state index in [-0.39, 0.29) is 0 Å². The van der Waals surface area contributed by atoms with E-state index >= 15 is 0 Å². The van der Waals surface area contributed by atoms with Gasteiger partial charge in [0, 0.05) is 30.3 Å². The summed E-state index contributed by atoms with van der Waals surface area (Å²) in [7, 11) is 3.20. The SMILES string of the molecule is COCCOc1cc2c(Nc3cccc(C=C=O)c3)ncnc2cc1OC. The number of aromatic nitrogens is 2. The van der Waals surface area contributed by atoms with Crippen molar-refractivity contribution in [3.63, 3.8) is 0 Å². The predicted molar refractivity (Wildman–Crippen MR) is 103 cm³/mol. The average Bonchev–Trinajstić information content (AvgIpc) is 2.68. The Labute approximate surface area is 156 Å². The molecule has 0 bridgehead atoms. The van der Waals surface area contributed by atoms with E-state index in [1.165, 1.54) is 12.4 Å². The molecule has 0 atom stereocenters. The summed E-state index contributed by atoms with van der Waals surface area (Å²) in [6.07, 6.45) is 2.85. The Balaban J connectivity index is 1.98. The van der Waals surface area contributed by atoms with Crippen molar-refractivity contribution in [3.05, 3.63) is 48.3 Å². The topological polar surface area (TPSA) is 82.6 Å². The first-order chi connectivity index (χ1) is 13.2. The number of anilines is 2. The van der Waals surface area contributed by atoms with Crippen LogP contribution in [0, 0.1) is 0 Å². The largest absolute Gasteiger partial charge is 0.493 e. The van der Waals surface area contributed by atoms with Gasteiger partial charge in [-0.2, -0.15) is 0 Å². The van der Waals surface area contributed by atoms with Crippen LogP contribution in [0.3, 0.4) is 0 Å². The second-order valence-electron chi connectivity index (χ2n) is 5.60. The molecule has 0 aliphatic carbocycles. The Morgan fingerprint density at radius 3 is 2.78 bits per heavy atom. The molecule has 0 aliphatic rings. The molecule has 3 aromatic rings. The normalized spacial score (nSPS) is 10.3. The van der Waals surface area contributed by atoms with E-state index in [9.17, 15) is 4.79 Å². The quantitative estimate of drug-likeness (QED) is 0.485. The molecule has 0 amide bonds. The van der Waals surface area contributed by atoms with Crippen LogP contribution in [0.15, 0.2) is 42.7 Å².